The van der Waals surface area contributed by atoms with E-state index in [0.29, 0.717) is 48.0 Å². The fourth-order valence-electron chi connectivity index (χ4n) is 4.82. The zero-order chi connectivity index (χ0) is 24.2. The van der Waals surface area contributed by atoms with Crippen LogP contribution in [-0.4, -0.2) is 47.0 Å². The molecule has 1 saturated heterocycles. The number of carbonyl (C=O) groups excluding carboxylic acids is 2. The second kappa shape index (κ2) is 8.13. The summed E-state index contributed by atoms with van der Waals surface area (Å²) in [6.45, 7) is 1.86. The Morgan fingerprint density at radius 1 is 1.09 bits per heavy atom. The van der Waals surface area contributed by atoms with E-state index < -0.39 is 11.6 Å². The molecular weight excluding hydrogens is 454 g/mol. The molecule has 9 heteroatoms. The number of nitrogens with one attached hydrogen (secondary N) is 2. The van der Waals surface area contributed by atoms with Gasteiger partial charge in [0, 0.05) is 17.8 Å². The number of anilines is 2. The van der Waals surface area contributed by atoms with Gasteiger partial charge in [-0.1, -0.05) is 6.07 Å². The van der Waals surface area contributed by atoms with E-state index in [1.807, 2.05) is 4.90 Å². The number of hydrogen-bond donors (Lipinski definition) is 2. The summed E-state index contributed by atoms with van der Waals surface area (Å²) < 4.78 is 34.4. The topological polar surface area (TPSA) is 83.6 Å². The Bertz CT molecular complexity index is 1340. The minimum absolute atomic E-state index is 0.0288. The van der Waals surface area contributed by atoms with Crippen molar-refractivity contribution in [2.45, 2.75) is 24.9 Å². The lowest BCUT2D eigenvalue weighted by Crippen LogP contribution is -2.50. The van der Waals surface area contributed by atoms with Gasteiger partial charge in [-0.25, -0.2) is 13.8 Å². The molecule has 7 nitrogen and oxygen atoms in total. The van der Waals surface area contributed by atoms with E-state index in [1.165, 1.54) is 24.3 Å². The van der Waals surface area contributed by atoms with Crippen LogP contribution in [0.1, 0.15) is 39.3 Å². The van der Waals surface area contributed by atoms with E-state index >= 15 is 0 Å². The van der Waals surface area contributed by atoms with Gasteiger partial charge in [0.1, 0.15) is 11.6 Å². The predicted octanol–water partition coefficient (Wildman–Crippen LogP) is 4.02. The number of benzene rings is 2. The summed E-state index contributed by atoms with van der Waals surface area (Å²) in [6, 6.07) is 12.0. The normalized spacial score (nSPS) is 17.8. The maximum Gasteiger partial charge on any atom is 0.255 e. The van der Waals surface area contributed by atoms with Crippen LogP contribution in [0.25, 0.3) is 11.3 Å². The largest absolute Gasteiger partial charge is 0.377 e. The van der Waals surface area contributed by atoms with Crippen molar-refractivity contribution in [1.29, 1.82) is 0 Å². The highest BCUT2D eigenvalue weighted by Gasteiger charge is 2.52. The molecule has 1 aromatic heterocycles. The molecule has 0 atom stereocenters. The first-order chi connectivity index (χ1) is 16.9. The van der Waals surface area contributed by atoms with Crippen LogP contribution in [0.3, 0.4) is 0 Å². The molecule has 0 radical (unpaired) electrons. The average Bonchev–Trinajstić information content (AvgIpc) is 3.51. The van der Waals surface area contributed by atoms with Gasteiger partial charge in [-0.2, -0.15) is 0 Å². The highest BCUT2D eigenvalue weighted by atomic mass is 19.1. The van der Waals surface area contributed by atoms with Gasteiger partial charge in [-0.15, -0.1) is 0 Å². The number of carbonyl (C=O) groups is 2. The van der Waals surface area contributed by atoms with E-state index in [0.717, 1.165) is 12.8 Å². The van der Waals surface area contributed by atoms with Crippen LogP contribution < -0.4 is 10.6 Å². The quantitative estimate of drug-likeness (QED) is 0.595. The van der Waals surface area contributed by atoms with Crippen molar-refractivity contribution in [3.05, 3.63) is 77.0 Å². The predicted molar refractivity (Wildman–Crippen MR) is 124 cm³/mol. The fourth-order valence-corrected chi connectivity index (χ4v) is 4.82. The summed E-state index contributed by atoms with van der Waals surface area (Å²) in [6.07, 6.45) is 1.91. The lowest BCUT2D eigenvalue weighted by Gasteiger charge is -2.36. The van der Waals surface area contributed by atoms with Crippen molar-refractivity contribution in [1.82, 2.24) is 15.2 Å². The molecule has 35 heavy (non-hydrogen) atoms. The Kier molecular flexibility index (Phi) is 5.03. The fraction of sp³-hybridized carbons (Fsp3) is 0.269. The molecule has 2 amide bonds. The number of halogens is 2. The minimum atomic E-state index is -0.736. The number of morpholine rings is 1. The zero-order valence-electron chi connectivity index (χ0n) is 18.7. The molecule has 3 aromatic rings. The lowest BCUT2D eigenvalue weighted by atomic mass is 10.1. The molecule has 2 fully saturated rings. The summed E-state index contributed by atoms with van der Waals surface area (Å²) in [5.41, 5.74) is 1.99. The third-order valence-electron chi connectivity index (χ3n) is 6.84. The Morgan fingerprint density at radius 2 is 1.83 bits per heavy atom. The minimum Gasteiger partial charge on any atom is -0.377 e. The van der Waals surface area contributed by atoms with Gasteiger partial charge in [0.05, 0.1) is 53.5 Å². The van der Waals surface area contributed by atoms with Crippen LogP contribution in [0.15, 0.2) is 48.5 Å². The molecule has 1 saturated carbocycles. The number of fused-ring (bicyclic) bond motifs is 1. The lowest BCUT2D eigenvalue weighted by molar-refractivity contribution is -0.0117. The third kappa shape index (κ3) is 3.72. The summed E-state index contributed by atoms with van der Waals surface area (Å²) >= 11 is 0. The molecule has 3 heterocycles. The first-order valence-electron chi connectivity index (χ1n) is 11.5. The Morgan fingerprint density at radius 3 is 2.54 bits per heavy atom. The van der Waals surface area contributed by atoms with Crippen molar-refractivity contribution in [2.75, 3.05) is 25.1 Å². The molecule has 3 aliphatic rings. The van der Waals surface area contributed by atoms with Gasteiger partial charge in [-0.05, 0) is 55.3 Å². The van der Waals surface area contributed by atoms with Gasteiger partial charge in [0.2, 0.25) is 0 Å². The SMILES string of the molecule is O=C1NCc2nc(-c3c(F)cccc3F)cc(Nc3ccc(C(=O)N4CCOCC45CC5)cc3)c21. The monoisotopic (exact) mass is 476 g/mol. The number of rotatable bonds is 4. The number of pyridine rings is 1. The molecule has 6 rings (SSSR count). The number of ether oxygens (including phenoxy) is 1. The van der Waals surface area contributed by atoms with Crippen molar-refractivity contribution < 1.29 is 23.1 Å². The first kappa shape index (κ1) is 21.7. The maximum atomic E-state index is 14.4. The van der Waals surface area contributed by atoms with Crippen molar-refractivity contribution in [3.63, 3.8) is 0 Å². The standard InChI is InChI=1S/C26H22F2N4O3/c27-17-2-1-3-18(28)22(17)19-12-20(23-21(31-19)13-29-24(23)33)30-16-6-4-15(5-7-16)25(34)32-10-11-35-14-26(32)8-9-26/h1-7,12H,8-11,13-14H2,(H,29,33)(H,30,31). The van der Waals surface area contributed by atoms with E-state index in [2.05, 4.69) is 15.6 Å². The number of nitrogens with zero attached hydrogens (tertiary/aromatic N) is 2. The van der Waals surface area contributed by atoms with Crippen LogP contribution in [0.2, 0.25) is 0 Å². The summed E-state index contributed by atoms with van der Waals surface area (Å²) in [5.74, 6) is -1.82. The number of aromatic nitrogens is 1. The van der Waals surface area contributed by atoms with Gasteiger partial charge in [-0.3, -0.25) is 9.59 Å². The molecule has 0 unspecified atom stereocenters. The maximum absolute atomic E-state index is 14.4. The second-order valence-corrected chi connectivity index (χ2v) is 9.09. The van der Waals surface area contributed by atoms with Crippen LogP contribution >= 0.6 is 0 Å². The summed E-state index contributed by atoms with van der Waals surface area (Å²) in [5, 5.41) is 5.87. The van der Waals surface area contributed by atoms with E-state index in [-0.39, 0.29) is 35.2 Å². The number of hydrogen-bond acceptors (Lipinski definition) is 5. The second-order valence-electron chi connectivity index (χ2n) is 9.09. The molecule has 2 aliphatic heterocycles. The van der Waals surface area contributed by atoms with Gasteiger partial charge >= 0.3 is 0 Å². The van der Waals surface area contributed by atoms with Crippen molar-refractivity contribution >= 4 is 23.2 Å². The summed E-state index contributed by atoms with van der Waals surface area (Å²) in [7, 11) is 0. The molecular formula is C26H22F2N4O3. The zero-order valence-corrected chi connectivity index (χ0v) is 18.7. The van der Waals surface area contributed by atoms with Crippen LogP contribution in [0.5, 0.6) is 0 Å². The van der Waals surface area contributed by atoms with Crippen molar-refractivity contribution in [2.24, 2.45) is 0 Å². The third-order valence-corrected chi connectivity index (χ3v) is 6.84. The highest BCUT2D eigenvalue weighted by molar-refractivity contribution is 6.04. The van der Waals surface area contributed by atoms with E-state index in [1.54, 1.807) is 24.3 Å². The van der Waals surface area contributed by atoms with Gasteiger partial charge in [0.25, 0.3) is 11.8 Å². The van der Waals surface area contributed by atoms with Crippen LogP contribution in [-0.2, 0) is 11.3 Å². The van der Waals surface area contributed by atoms with E-state index in [9.17, 15) is 18.4 Å². The van der Waals surface area contributed by atoms with Gasteiger partial charge < -0.3 is 20.3 Å². The highest BCUT2D eigenvalue weighted by Crippen LogP contribution is 2.44. The molecule has 2 aromatic carbocycles. The average molecular weight is 476 g/mol. The number of amides is 2. The van der Waals surface area contributed by atoms with E-state index in [4.69, 9.17) is 4.74 Å². The van der Waals surface area contributed by atoms with Gasteiger partial charge in [0.15, 0.2) is 0 Å². The Balaban J connectivity index is 1.30. The molecule has 0 bridgehead atoms. The van der Waals surface area contributed by atoms with Crippen molar-refractivity contribution in [3.8, 4) is 11.3 Å². The molecule has 1 spiro atoms. The molecule has 1 aliphatic carbocycles. The smallest absolute Gasteiger partial charge is 0.255 e. The molecule has 2 N–H and O–H groups in total. The first-order valence-corrected chi connectivity index (χ1v) is 11.5. The summed E-state index contributed by atoms with van der Waals surface area (Å²) in [4.78, 5) is 31.8. The van der Waals surface area contributed by atoms with Crippen LogP contribution in [0.4, 0.5) is 20.2 Å². The Hall–Kier alpha value is -3.85. The van der Waals surface area contributed by atoms with Crippen LogP contribution in [0, 0.1) is 11.6 Å². The molecule has 178 valence electrons. The Labute approximate surface area is 200 Å².